The van der Waals surface area contributed by atoms with Crippen molar-refractivity contribution < 1.29 is 22.8 Å². The number of alkyl halides is 3. The number of halogens is 3. The topological polar surface area (TPSA) is 29.5 Å². The quantitative estimate of drug-likeness (QED) is 0.669. The van der Waals surface area contributed by atoms with Crippen LogP contribution < -0.4 is 0 Å². The fourth-order valence-electron chi connectivity index (χ4n) is 1.02. The largest absolute Gasteiger partial charge is 0.492 e. The first-order chi connectivity index (χ1) is 5.93. The summed E-state index contributed by atoms with van der Waals surface area (Å²) in [4.78, 5) is 14.3. The molecule has 76 valence electrons. The molecule has 0 aromatic carbocycles. The van der Waals surface area contributed by atoms with E-state index >= 15 is 0 Å². The molecule has 1 aliphatic rings. The zero-order valence-corrected chi connectivity index (χ0v) is 7.10. The van der Waals surface area contributed by atoms with Crippen LogP contribution in [-0.4, -0.2) is 30.3 Å². The van der Waals surface area contributed by atoms with Crippen molar-refractivity contribution in [2.75, 3.05) is 13.1 Å². The summed E-state index contributed by atoms with van der Waals surface area (Å²) < 4.78 is 34.9. The van der Waals surface area contributed by atoms with Crippen molar-refractivity contribution in [3.05, 3.63) is 0 Å². The number of carbonyl (C=O) groups is 1. The van der Waals surface area contributed by atoms with Gasteiger partial charge in [-0.1, -0.05) is 13.3 Å². The standard InChI is InChI=1S/C7H10F3NO2/c1-2-5-3-11(4-5)13-6(12)7(8,9)10/h5H,2-4H2,1H3. The van der Waals surface area contributed by atoms with E-state index in [0.29, 0.717) is 19.0 Å². The van der Waals surface area contributed by atoms with Gasteiger partial charge in [-0.3, -0.25) is 0 Å². The molecule has 0 bridgehead atoms. The Morgan fingerprint density at radius 1 is 1.54 bits per heavy atom. The highest BCUT2D eigenvalue weighted by Gasteiger charge is 2.44. The van der Waals surface area contributed by atoms with E-state index in [1.165, 1.54) is 0 Å². The van der Waals surface area contributed by atoms with Crippen molar-refractivity contribution >= 4 is 5.97 Å². The Morgan fingerprint density at radius 3 is 2.46 bits per heavy atom. The Kier molecular flexibility index (Phi) is 2.80. The van der Waals surface area contributed by atoms with Gasteiger partial charge in [0.15, 0.2) is 0 Å². The predicted octanol–water partition coefficient (Wildman–Crippen LogP) is 1.35. The smallest absolute Gasteiger partial charge is 0.361 e. The Bertz CT molecular complexity index is 198. The van der Waals surface area contributed by atoms with E-state index in [2.05, 4.69) is 4.84 Å². The summed E-state index contributed by atoms with van der Waals surface area (Å²) in [7, 11) is 0. The molecule has 1 aliphatic heterocycles. The van der Waals surface area contributed by atoms with Crippen LogP contribution in [0, 0.1) is 5.92 Å². The second kappa shape index (κ2) is 3.53. The van der Waals surface area contributed by atoms with Gasteiger partial charge in [0, 0.05) is 13.1 Å². The molecule has 0 radical (unpaired) electrons. The lowest BCUT2D eigenvalue weighted by Gasteiger charge is -2.36. The molecule has 13 heavy (non-hydrogen) atoms. The average molecular weight is 197 g/mol. The minimum atomic E-state index is -4.89. The molecular weight excluding hydrogens is 187 g/mol. The lowest BCUT2D eigenvalue weighted by Crippen LogP contribution is -2.48. The van der Waals surface area contributed by atoms with Gasteiger partial charge in [-0.05, 0) is 5.92 Å². The number of hydroxylamine groups is 2. The van der Waals surface area contributed by atoms with E-state index in [1.54, 1.807) is 0 Å². The van der Waals surface area contributed by atoms with Crippen molar-refractivity contribution in [2.24, 2.45) is 5.92 Å². The Balaban J connectivity index is 2.25. The summed E-state index contributed by atoms with van der Waals surface area (Å²) in [5.41, 5.74) is 0. The third kappa shape index (κ3) is 2.58. The van der Waals surface area contributed by atoms with E-state index in [9.17, 15) is 18.0 Å². The molecule has 0 amide bonds. The van der Waals surface area contributed by atoms with Crippen LogP contribution in [0.2, 0.25) is 0 Å². The van der Waals surface area contributed by atoms with Crippen LogP contribution in [0.25, 0.3) is 0 Å². The van der Waals surface area contributed by atoms with Gasteiger partial charge in [-0.15, -0.1) is 5.06 Å². The maximum Gasteiger partial charge on any atom is 0.492 e. The lowest BCUT2D eigenvalue weighted by atomic mass is 10.0. The van der Waals surface area contributed by atoms with Crippen LogP contribution in [0.15, 0.2) is 0 Å². The van der Waals surface area contributed by atoms with Crippen LogP contribution in [0.3, 0.4) is 0 Å². The molecule has 3 nitrogen and oxygen atoms in total. The van der Waals surface area contributed by atoms with Gasteiger partial charge in [0.1, 0.15) is 0 Å². The monoisotopic (exact) mass is 197 g/mol. The van der Waals surface area contributed by atoms with Crippen molar-refractivity contribution in [2.45, 2.75) is 19.5 Å². The van der Waals surface area contributed by atoms with E-state index in [-0.39, 0.29) is 0 Å². The molecule has 1 rings (SSSR count). The molecule has 1 fully saturated rings. The maximum atomic E-state index is 11.6. The Hall–Kier alpha value is -0.780. The molecule has 1 saturated heterocycles. The van der Waals surface area contributed by atoms with E-state index in [1.807, 2.05) is 6.92 Å². The molecule has 0 aromatic heterocycles. The SMILES string of the molecule is CCC1CN(OC(=O)C(F)(F)F)C1. The average Bonchev–Trinajstić information content (AvgIpc) is 1.93. The van der Waals surface area contributed by atoms with Gasteiger partial charge in [0.25, 0.3) is 0 Å². The van der Waals surface area contributed by atoms with Gasteiger partial charge >= 0.3 is 12.1 Å². The molecule has 0 unspecified atom stereocenters. The first-order valence-corrected chi connectivity index (χ1v) is 3.97. The summed E-state index contributed by atoms with van der Waals surface area (Å²) in [6, 6.07) is 0. The van der Waals surface area contributed by atoms with Crippen LogP contribution in [0.5, 0.6) is 0 Å². The van der Waals surface area contributed by atoms with Crippen molar-refractivity contribution in [3.8, 4) is 0 Å². The van der Waals surface area contributed by atoms with Gasteiger partial charge < -0.3 is 4.84 Å². The highest BCUT2D eigenvalue weighted by Crippen LogP contribution is 2.22. The fourth-order valence-corrected chi connectivity index (χ4v) is 1.02. The van der Waals surface area contributed by atoms with Crippen molar-refractivity contribution in [1.29, 1.82) is 0 Å². The van der Waals surface area contributed by atoms with E-state index in [4.69, 9.17) is 0 Å². The molecular formula is C7H10F3NO2. The number of carbonyl (C=O) groups excluding carboxylic acids is 1. The second-order valence-electron chi connectivity index (χ2n) is 3.00. The number of rotatable bonds is 2. The van der Waals surface area contributed by atoms with Gasteiger partial charge in [-0.2, -0.15) is 13.2 Å². The van der Waals surface area contributed by atoms with Gasteiger partial charge in [0.2, 0.25) is 0 Å². The number of hydrogen-bond acceptors (Lipinski definition) is 3. The minimum absolute atomic E-state index is 0.348. The van der Waals surface area contributed by atoms with Gasteiger partial charge in [0.05, 0.1) is 0 Å². The van der Waals surface area contributed by atoms with Gasteiger partial charge in [-0.25, -0.2) is 4.79 Å². The minimum Gasteiger partial charge on any atom is -0.361 e. The second-order valence-corrected chi connectivity index (χ2v) is 3.00. The first kappa shape index (κ1) is 10.3. The third-order valence-electron chi connectivity index (χ3n) is 1.94. The molecule has 0 aliphatic carbocycles. The van der Waals surface area contributed by atoms with Crippen molar-refractivity contribution in [1.82, 2.24) is 5.06 Å². The molecule has 0 spiro atoms. The Morgan fingerprint density at radius 2 is 2.08 bits per heavy atom. The molecule has 6 heteroatoms. The van der Waals surface area contributed by atoms with Crippen LogP contribution in [0.1, 0.15) is 13.3 Å². The summed E-state index contributed by atoms with van der Waals surface area (Å²) in [5, 5.41) is 1.03. The predicted molar refractivity (Wildman–Crippen MR) is 37.5 cm³/mol. The van der Waals surface area contributed by atoms with Crippen LogP contribution in [-0.2, 0) is 9.63 Å². The summed E-state index contributed by atoms with van der Waals surface area (Å²) >= 11 is 0. The van der Waals surface area contributed by atoms with E-state index in [0.717, 1.165) is 11.5 Å². The summed E-state index contributed by atoms with van der Waals surface area (Å²) in [5.74, 6) is -1.79. The van der Waals surface area contributed by atoms with E-state index < -0.39 is 12.1 Å². The zero-order valence-electron chi connectivity index (χ0n) is 7.10. The highest BCUT2D eigenvalue weighted by molar-refractivity contribution is 5.75. The summed E-state index contributed by atoms with van der Waals surface area (Å²) in [6.45, 7) is 2.74. The molecule has 0 atom stereocenters. The van der Waals surface area contributed by atoms with Crippen molar-refractivity contribution in [3.63, 3.8) is 0 Å². The molecule has 0 saturated carbocycles. The number of hydrogen-bond donors (Lipinski definition) is 0. The summed E-state index contributed by atoms with van der Waals surface area (Å²) in [6.07, 6.45) is -4.00. The molecule has 1 heterocycles. The number of nitrogens with zero attached hydrogens (tertiary/aromatic N) is 1. The third-order valence-corrected chi connectivity index (χ3v) is 1.94. The van der Waals surface area contributed by atoms with Crippen LogP contribution >= 0.6 is 0 Å². The normalized spacial score (nSPS) is 19.7. The Labute approximate surface area is 73.4 Å². The highest BCUT2D eigenvalue weighted by atomic mass is 19.4. The maximum absolute atomic E-state index is 11.6. The zero-order chi connectivity index (χ0) is 10.1. The molecule has 0 N–H and O–H groups in total. The molecule has 0 aromatic rings. The first-order valence-electron chi connectivity index (χ1n) is 3.97. The lowest BCUT2D eigenvalue weighted by molar-refractivity contribution is -0.258. The fraction of sp³-hybridized carbons (Fsp3) is 0.857. The van der Waals surface area contributed by atoms with Crippen LogP contribution in [0.4, 0.5) is 13.2 Å².